The molecule has 3 aromatic heterocycles. The lowest BCUT2D eigenvalue weighted by Crippen LogP contribution is -2.48. The van der Waals surface area contributed by atoms with Crippen LogP contribution in [0, 0.1) is 17.6 Å². The van der Waals surface area contributed by atoms with Crippen LogP contribution in [0.2, 0.25) is 0 Å². The number of imidazole rings is 1. The van der Waals surface area contributed by atoms with Gasteiger partial charge in [-0.3, -0.25) is 4.98 Å². The Morgan fingerprint density at radius 3 is 2.58 bits per heavy atom. The van der Waals surface area contributed by atoms with Crippen LogP contribution < -0.4 is 11.1 Å². The number of rotatable bonds is 8. The van der Waals surface area contributed by atoms with Crippen molar-refractivity contribution in [2.75, 3.05) is 18.2 Å². The van der Waals surface area contributed by atoms with Crippen molar-refractivity contribution in [3.8, 4) is 11.3 Å². The highest BCUT2D eigenvalue weighted by Crippen LogP contribution is 2.41. The minimum absolute atomic E-state index is 0.00152. The highest BCUT2D eigenvalue weighted by Gasteiger charge is 2.40. The number of nitrogens with zero attached hydrogens (tertiary/aromatic N) is 4. The van der Waals surface area contributed by atoms with Gasteiger partial charge in [-0.25, -0.2) is 22.2 Å². The smallest absolute Gasteiger partial charge is 0.229 e. The summed E-state index contributed by atoms with van der Waals surface area (Å²) in [5.41, 5.74) is 8.85. The molecule has 1 fully saturated rings. The summed E-state index contributed by atoms with van der Waals surface area (Å²) in [5, 5.41) is 7.17. The molecule has 0 amide bonds. The number of nitrogens with two attached hydrogens (primary N) is 1. The molecule has 1 aliphatic rings. The molecule has 1 aromatic carbocycles. The van der Waals surface area contributed by atoms with Gasteiger partial charge in [-0.05, 0) is 73.1 Å². The standard InChI is InChI=1S/C28H32F2N6O3S/c1-4-39-15-17-10-21(29)26(22(30)11-17)24-6-5-19-13-33-28(36(19)35-24)34-25-14-32-8-7-20(25)18-9-16(2)27(23(31)12-18)40(3,37)38/h5-8,10-11,13-14,16,18,23,27H,4,9,12,15,31H2,1-3H3,(H,33,34)/t16-,18?,23+,27-/m0/s1. The minimum atomic E-state index is -3.28. The molecule has 1 aliphatic carbocycles. The van der Waals surface area contributed by atoms with Crippen molar-refractivity contribution in [3.63, 3.8) is 0 Å². The molecule has 1 unspecified atom stereocenters. The van der Waals surface area contributed by atoms with Gasteiger partial charge in [-0.15, -0.1) is 0 Å². The van der Waals surface area contributed by atoms with Gasteiger partial charge in [-0.2, -0.15) is 9.61 Å². The Kier molecular flexibility index (Phi) is 7.85. The lowest BCUT2D eigenvalue weighted by Gasteiger charge is -2.38. The molecular weight excluding hydrogens is 538 g/mol. The van der Waals surface area contributed by atoms with E-state index in [9.17, 15) is 17.2 Å². The zero-order valence-corrected chi connectivity index (χ0v) is 23.3. The van der Waals surface area contributed by atoms with Crippen molar-refractivity contribution in [2.45, 2.75) is 50.5 Å². The summed E-state index contributed by atoms with van der Waals surface area (Å²) >= 11 is 0. The van der Waals surface area contributed by atoms with Crippen LogP contribution in [0.25, 0.3) is 16.8 Å². The van der Waals surface area contributed by atoms with E-state index in [-0.39, 0.29) is 29.7 Å². The number of pyridine rings is 1. The fourth-order valence-corrected chi connectivity index (χ4v) is 7.52. The predicted molar refractivity (Wildman–Crippen MR) is 149 cm³/mol. The maximum Gasteiger partial charge on any atom is 0.229 e. The van der Waals surface area contributed by atoms with Crippen molar-refractivity contribution < 1.29 is 21.9 Å². The number of ether oxygens (including phenoxy) is 1. The van der Waals surface area contributed by atoms with E-state index in [4.69, 9.17) is 10.5 Å². The van der Waals surface area contributed by atoms with E-state index in [1.165, 1.54) is 22.9 Å². The Morgan fingerprint density at radius 1 is 1.15 bits per heavy atom. The van der Waals surface area contributed by atoms with E-state index >= 15 is 0 Å². The van der Waals surface area contributed by atoms with E-state index in [0.717, 1.165) is 5.56 Å². The maximum atomic E-state index is 15.0. The summed E-state index contributed by atoms with van der Waals surface area (Å²) in [6, 6.07) is 7.12. The average molecular weight is 571 g/mol. The molecule has 5 rings (SSSR count). The van der Waals surface area contributed by atoms with Gasteiger partial charge in [-0.1, -0.05) is 6.92 Å². The van der Waals surface area contributed by atoms with E-state index < -0.39 is 32.8 Å². The summed E-state index contributed by atoms with van der Waals surface area (Å²) in [5.74, 6) is -1.25. The Balaban J connectivity index is 1.46. The van der Waals surface area contributed by atoms with Crippen LogP contribution in [0.1, 0.15) is 43.7 Å². The summed E-state index contributed by atoms with van der Waals surface area (Å²) in [6.45, 7) is 4.28. The van der Waals surface area contributed by atoms with Gasteiger partial charge < -0.3 is 15.8 Å². The third kappa shape index (κ3) is 5.56. The van der Waals surface area contributed by atoms with Gasteiger partial charge in [0.2, 0.25) is 5.95 Å². The zero-order chi connectivity index (χ0) is 28.6. The van der Waals surface area contributed by atoms with Gasteiger partial charge >= 0.3 is 0 Å². The summed E-state index contributed by atoms with van der Waals surface area (Å²) in [4.78, 5) is 8.69. The number of benzene rings is 1. The Bertz CT molecular complexity index is 1610. The van der Waals surface area contributed by atoms with Gasteiger partial charge in [0.15, 0.2) is 9.84 Å². The van der Waals surface area contributed by atoms with Crippen LogP contribution >= 0.6 is 0 Å². The van der Waals surface area contributed by atoms with Crippen LogP contribution in [0.5, 0.6) is 0 Å². The molecule has 9 nitrogen and oxygen atoms in total. The summed E-state index contributed by atoms with van der Waals surface area (Å²) in [6.07, 6.45) is 7.33. The first-order valence-corrected chi connectivity index (χ1v) is 15.1. The van der Waals surface area contributed by atoms with Crippen molar-refractivity contribution in [1.82, 2.24) is 19.6 Å². The van der Waals surface area contributed by atoms with Crippen LogP contribution in [0.3, 0.4) is 0 Å². The molecule has 0 radical (unpaired) electrons. The van der Waals surface area contributed by atoms with Gasteiger partial charge in [0.05, 0.1) is 46.7 Å². The van der Waals surface area contributed by atoms with Crippen LogP contribution in [-0.4, -0.2) is 52.2 Å². The summed E-state index contributed by atoms with van der Waals surface area (Å²) < 4.78 is 61.4. The first-order chi connectivity index (χ1) is 19.1. The van der Waals surface area contributed by atoms with Crippen molar-refractivity contribution in [1.29, 1.82) is 0 Å². The largest absolute Gasteiger partial charge is 0.377 e. The van der Waals surface area contributed by atoms with Crippen LogP contribution in [-0.2, 0) is 21.2 Å². The summed E-state index contributed by atoms with van der Waals surface area (Å²) in [7, 11) is -3.28. The molecule has 212 valence electrons. The molecule has 0 spiro atoms. The van der Waals surface area contributed by atoms with Crippen LogP contribution in [0.4, 0.5) is 20.4 Å². The van der Waals surface area contributed by atoms with Gasteiger partial charge in [0.1, 0.15) is 11.6 Å². The van der Waals surface area contributed by atoms with E-state index in [1.54, 1.807) is 30.7 Å². The second kappa shape index (κ2) is 11.2. The quantitative estimate of drug-likeness (QED) is 0.315. The second-order valence-corrected chi connectivity index (χ2v) is 12.6. The number of hydrogen-bond acceptors (Lipinski definition) is 8. The average Bonchev–Trinajstić information content (AvgIpc) is 3.28. The molecule has 12 heteroatoms. The van der Waals surface area contributed by atoms with E-state index in [2.05, 4.69) is 20.4 Å². The Morgan fingerprint density at radius 2 is 1.90 bits per heavy atom. The van der Waals surface area contributed by atoms with Crippen molar-refractivity contribution >= 4 is 27.0 Å². The topological polar surface area (TPSA) is 124 Å². The normalized spacial score (nSPS) is 21.6. The third-order valence-electron chi connectivity index (χ3n) is 7.45. The molecular formula is C28H32F2N6O3S. The molecule has 1 saturated carbocycles. The number of sulfone groups is 1. The molecule has 0 bridgehead atoms. The van der Waals surface area contributed by atoms with Crippen LogP contribution in [0.15, 0.2) is 48.9 Å². The molecule has 0 saturated heterocycles. The molecule has 4 aromatic rings. The number of fused-ring (bicyclic) bond motifs is 1. The Labute approximate surface area is 231 Å². The van der Waals surface area contributed by atoms with Crippen molar-refractivity contribution in [3.05, 3.63) is 71.7 Å². The number of anilines is 2. The third-order valence-corrected chi connectivity index (χ3v) is 9.25. The zero-order valence-electron chi connectivity index (χ0n) is 22.5. The maximum absolute atomic E-state index is 15.0. The number of nitrogens with one attached hydrogen (secondary N) is 1. The van der Waals surface area contributed by atoms with Crippen molar-refractivity contribution in [2.24, 2.45) is 11.7 Å². The first-order valence-electron chi connectivity index (χ1n) is 13.1. The molecule has 0 aliphatic heterocycles. The van der Waals surface area contributed by atoms with E-state index in [0.29, 0.717) is 42.2 Å². The van der Waals surface area contributed by atoms with Gasteiger partial charge in [0, 0.05) is 25.1 Å². The number of aromatic nitrogens is 4. The number of halogens is 2. The highest BCUT2D eigenvalue weighted by molar-refractivity contribution is 7.91. The molecule has 40 heavy (non-hydrogen) atoms. The fraction of sp³-hybridized carbons (Fsp3) is 0.393. The Hall–Kier alpha value is -3.48. The second-order valence-electron chi connectivity index (χ2n) is 10.4. The molecule has 4 atom stereocenters. The fourth-order valence-electron chi connectivity index (χ4n) is 5.82. The lowest BCUT2D eigenvalue weighted by molar-refractivity contribution is 0.133. The molecule has 3 heterocycles. The minimum Gasteiger partial charge on any atom is -0.377 e. The SMILES string of the molecule is CCOCc1cc(F)c(-c2ccc3cnc(Nc4cnccc4C4C[C@@H](N)[C@@H](S(C)(=O)=O)[C@@H](C)C4)n3n2)c(F)c1. The lowest BCUT2D eigenvalue weighted by atomic mass is 9.76. The monoisotopic (exact) mass is 570 g/mol. The molecule has 3 N–H and O–H groups in total. The predicted octanol–water partition coefficient (Wildman–Crippen LogP) is 4.60. The van der Waals surface area contributed by atoms with E-state index in [1.807, 2.05) is 19.9 Å². The highest BCUT2D eigenvalue weighted by atomic mass is 32.2. The number of hydrogen-bond donors (Lipinski definition) is 2. The van der Waals surface area contributed by atoms with Gasteiger partial charge in [0.25, 0.3) is 0 Å². The first kappa shape index (κ1) is 28.1.